The average molecular weight is 524 g/mol. The van der Waals surface area contributed by atoms with Gasteiger partial charge in [0.2, 0.25) is 0 Å². The van der Waals surface area contributed by atoms with Crippen molar-refractivity contribution in [3.05, 3.63) is 65.8 Å². The molecule has 2 N–H and O–H groups in total. The zero-order chi connectivity index (χ0) is 26.2. The second-order valence-corrected chi connectivity index (χ2v) is 10.3. The molecule has 0 atom stereocenters. The minimum atomic E-state index is 0.0573. The number of aromatic amines is 2. The molecule has 1 aromatic carbocycles. The van der Waals surface area contributed by atoms with Crippen LogP contribution in [0.3, 0.4) is 0 Å². The molecular formula is C28H25N7O2S. The average Bonchev–Trinajstić information content (AvgIpc) is 3.66. The summed E-state index contributed by atoms with van der Waals surface area (Å²) in [6, 6.07) is 15.6. The number of nitrogens with zero attached hydrogens (tertiary/aromatic N) is 5. The molecule has 0 saturated heterocycles. The van der Waals surface area contributed by atoms with Crippen molar-refractivity contribution in [2.24, 2.45) is 0 Å². The molecule has 5 aromatic heterocycles. The van der Waals surface area contributed by atoms with Crippen LogP contribution in [0.25, 0.3) is 55.3 Å². The number of ether oxygens (including phenoxy) is 1. The predicted octanol–water partition coefficient (Wildman–Crippen LogP) is 5.43. The Morgan fingerprint density at radius 3 is 2.74 bits per heavy atom. The highest BCUT2D eigenvalue weighted by molar-refractivity contribution is 7.17. The van der Waals surface area contributed by atoms with Crippen molar-refractivity contribution in [2.75, 3.05) is 27.2 Å². The fourth-order valence-electron chi connectivity index (χ4n) is 4.22. The van der Waals surface area contributed by atoms with E-state index in [0.717, 1.165) is 49.7 Å². The highest BCUT2D eigenvalue weighted by atomic mass is 32.1. The van der Waals surface area contributed by atoms with Gasteiger partial charge in [0.25, 0.3) is 0 Å². The first kappa shape index (κ1) is 24.0. The van der Waals surface area contributed by atoms with E-state index < -0.39 is 0 Å². The molecule has 0 saturated carbocycles. The monoisotopic (exact) mass is 523 g/mol. The van der Waals surface area contributed by atoms with E-state index in [1.54, 1.807) is 19.3 Å². The summed E-state index contributed by atoms with van der Waals surface area (Å²) in [6.07, 6.45) is 3.48. The summed E-state index contributed by atoms with van der Waals surface area (Å²) in [5.74, 6) is 1.37. The van der Waals surface area contributed by atoms with Crippen LogP contribution in [0.4, 0.5) is 0 Å². The van der Waals surface area contributed by atoms with Crippen molar-refractivity contribution in [1.29, 1.82) is 0 Å². The van der Waals surface area contributed by atoms with Gasteiger partial charge in [-0.05, 0) is 57.4 Å². The number of carbonyl (C=O) groups is 1. The topological polar surface area (TPSA) is 113 Å². The van der Waals surface area contributed by atoms with Crippen LogP contribution >= 0.6 is 11.3 Å². The molecule has 5 heterocycles. The maximum Gasteiger partial charge on any atom is 0.169 e. The number of aromatic nitrogens is 6. The number of ketones is 1. The molecule has 0 radical (unpaired) electrons. The molecular weight excluding hydrogens is 498 g/mol. The number of benzene rings is 1. The van der Waals surface area contributed by atoms with Crippen LogP contribution in [0, 0.1) is 0 Å². The van der Waals surface area contributed by atoms with Crippen molar-refractivity contribution in [1.82, 2.24) is 35.0 Å². The Morgan fingerprint density at radius 2 is 1.92 bits per heavy atom. The molecule has 10 heteroatoms. The number of rotatable bonds is 8. The summed E-state index contributed by atoms with van der Waals surface area (Å²) < 4.78 is 5.86. The van der Waals surface area contributed by atoms with Gasteiger partial charge in [-0.25, -0.2) is 9.97 Å². The van der Waals surface area contributed by atoms with Crippen molar-refractivity contribution >= 4 is 39.2 Å². The molecule has 0 aliphatic rings. The van der Waals surface area contributed by atoms with Crippen molar-refractivity contribution in [3.8, 4) is 39.0 Å². The van der Waals surface area contributed by atoms with E-state index in [1.165, 1.54) is 11.3 Å². The second kappa shape index (κ2) is 9.81. The van der Waals surface area contributed by atoms with E-state index in [0.29, 0.717) is 29.4 Å². The number of carbonyl (C=O) groups excluding carboxylic acids is 1. The van der Waals surface area contributed by atoms with Gasteiger partial charge in [0.1, 0.15) is 17.9 Å². The minimum Gasteiger partial charge on any atom is -0.491 e. The van der Waals surface area contributed by atoms with Gasteiger partial charge in [0.05, 0.1) is 33.3 Å². The van der Waals surface area contributed by atoms with Gasteiger partial charge in [-0.1, -0.05) is 12.1 Å². The number of Topliss-reactive ketones (excluding diaryl/α,β-unsaturated/α-hetero) is 1. The summed E-state index contributed by atoms with van der Waals surface area (Å²) in [5.41, 5.74) is 6.43. The van der Waals surface area contributed by atoms with Gasteiger partial charge in [0.15, 0.2) is 17.3 Å². The molecule has 190 valence electrons. The maximum atomic E-state index is 11.8. The number of fused-ring (bicyclic) bond motifs is 2. The van der Waals surface area contributed by atoms with Crippen molar-refractivity contribution in [3.63, 3.8) is 0 Å². The summed E-state index contributed by atoms with van der Waals surface area (Å²) in [7, 11) is 4.02. The first-order chi connectivity index (χ1) is 18.5. The van der Waals surface area contributed by atoms with Crippen molar-refractivity contribution < 1.29 is 9.53 Å². The zero-order valence-corrected chi connectivity index (χ0v) is 22.0. The van der Waals surface area contributed by atoms with Gasteiger partial charge in [-0.3, -0.25) is 14.9 Å². The van der Waals surface area contributed by atoms with E-state index in [-0.39, 0.29) is 5.78 Å². The molecule has 0 aliphatic heterocycles. The Morgan fingerprint density at radius 1 is 1.03 bits per heavy atom. The Balaban J connectivity index is 1.37. The lowest BCUT2D eigenvalue weighted by molar-refractivity contribution is 0.102. The number of nitrogens with one attached hydrogen (secondary N) is 2. The first-order valence-corrected chi connectivity index (χ1v) is 13.0. The van der Waals surface area contributed by atoms with Crippen LogP contribution in [0.1, 0.15) is 16.6 Å². The Kier molecular flexibility index (Phi) is 6.18. The summed E-state index contributed by atoms with van der Waals surface area (Å²) in [4.78, 5) is 33.2. The number of para-hydroxylation sites is 1. The third kappa shape index (κ3) is 4.55. The van der Waals surface area contributed by atoms with Gasteiger partial charge >= 0.3 is 0 Å². The fourth-order valence-corrected chi connectivity index (χ4v) is 5.15. The van der Waals surface area contributed by atoms with Gasteiger partial charge < -0.3 is 14.6 Å². The molecule has 9 nitrogen and oxygen atoms in total. The van der Waals surface area contributed by atoms with Crippen LogP contribution < -0.4 is 4.74 Å². The number of hydrogen-bond donors (Lipinski definition) is 2. The minimum absolute atomic E-state index is 0.0573. The van der Waals surface area contributed by atoms with E-state index in [2.05, 4.69) is 25.1 Å². The molecule has 0 amide bonds. The normalized spacial score (nSPS) is 11.6. The van der Waals surface area contributed by atoms with Crippen LogP contribution in [0.2, 0.25) is 0 Å². The van der Waals surface area contributed by atoms with Crippen molar-refractivity contribution in [2.45, 2.75) is 6.92 Å². The highest BCUT2D eigenvalue weighted by Crippen LogP contribution is 2.35. The number of thiophene rings is 1. The standard InChI is InChI=1S/C28H25N7O2S/c1-16(36)23-9-10-24(38-23)19-5-4-6-21-25(19)32-28(31-21)27-26-22(33-34-27)8-7-20(30-26)17-13-18(15-29-14-17)37-12-11-35(2)3/h4-10,13-15H,11-12H2,1-3H3,(H,31,32)(H,33,34). The number of H-pyrrole nitrogens is 2. The van der Waals surface area contributed by atoms with Gasteiger partial charge in [0, 0.05) is 28.7 Å². The molecule has 6 aromatic rings. The molecule has 0 unspecified atom stereocenters. The van der Waals surface area contributed by atoms with E-state index in [9.17, 15) is 4.79 Å². The van der Waals surface area contributed by atoms with Crippen LogP contribution in [-0.2, 0) is 0 Å². The lowest BCUT2D eigenvalue weighted by Gasteiger charge is -2.11. The Hall–Kier alpha value is -4.41. The van der Waals surface area contributed by atoms with E-state index >= 15 is 0 Å². The Bertz CT molecular complexity index is 1780. The van der Waals surface area contributed by atoms with Crippen LogP contribution in [-0.4, -0.2) is 68.1 Å². The molecule has 0 fully saturated rings. The zero-order valence-electron chi connectivity index (χ0n) is 21.1. The smallest absolute Gasteiger partial charge is 0.169 e. The van der Waals surface area contributed by atoms with Crippen LogP contribution in [0.15, 0.2) is 60.9 Å². The number of likely N-dealkylation sites (N-methyl/N-ethyl adjacent to an activating group) is 1. The third-order valence-electron chi connectivity index (χ3n) is 6.18. The summed E-state index contributed by atoms with van der Waals surface area (Å²) >= 11 is 1.47. The predicted molar refractivity (Wildman–Crippen MR) is 150 cm³/mol. The van der Waals surface area contributed by atoms with E-state index in [4.69, 9.17) is 14.7 Å². The third-order valence-corrected chi connectivity index (χ3v) is 7.40. The largest absolute Gasteiger partial charge is 0.491 e. The van der Waals surface area contributed by atoms with Crippen LogP contribution in [0.5, 0.6) is 5.75 Å². The maximum absolute atomic E-state index is 11.8. The lowest BCUT2D eigenvalue weighted by atomic mass is 10.1. The number of imidazole rings is 1. The molecule has 0 spiro atoms. The first-order valence-electron chi connectivity index (χ1n) is 12.1. The highest BCUT2D eigenvalue weighted by Gasteiger charge is 2.18. The summed E-state index contributed by atoms with van der Waals surface area (Å²) in [6.45, 7) is 2.97. The summed E-state index contributed by atoms with van der Waals surface area (Å²) in [5, 5.41) is 7.60. The number of hydrogen-bond acceptors (Lipinski definition) is 8. The quantitative estimate of drug-likeness (QED) is 0.256. The molecule has 0 bridgehead atoms. The van der Waals surface area contributed by atoms with Gasteiger partial charge in [-0.15, -0.1) is 11.3 Å². The SMILES string of the molecule is CC(=O)c1ccc(-c2cccc3[nH]c(-c4n[nH]c5ccc(-c6cncc(OCCN(C)C)c6)nc45)nc23)s1. The molecule has 6 rings (SSSR count). The van der Waals surface area contributed by atoms with E-state index in [1.807, 2.05) is 62.6 Å². The molecule has 0 aliphatic carbocycles. The Labute approximate surface area is 222 Å². The fraction of sp³-hybridized carbons (Fsp3) is 0.179. The molecule has 38 heavy (non-hydrogen) atoms. The van der Waals surface area contributed by atoms with Gasteiger partial charge in [-0.2, -0.15) is 5.10 Å². The number of pyridine rings is 2. The second-order valence-electron chi connectivity index (χ2n) is 9.23. The lowest BCUT2D eigenvalue weighted by Crippen LogP contribution is -2.19.